The van der Waals surface area contributed by atoms with Gasteiger partial charge in [-0.2, -0.15) is 0 Å². The van der Waals surface area contributed by atoms with E-state index in [4.69, 9.17) is 4.74 Å². The average Bonchev–Trinajstić information content (AvgIpc) is 2.73. The highest BCUT2D eigenvalue weighted by Crippen LogP contribution is 2.66. The van der Waals surface area contributed by atoms with E-state index in [0.717, 1.165) is 38.6 Å². The third kappa shape index (κ3) is 3.19. The van der Waals surface area contributed by atoms with Crippen LogP contribution in [0.3, 0.4) is 0 Å². The van der Waals surface area contributed by atoms with Gasteiger partial charge < -0.3 is 9.64 Å². The minimum atomic E-state index is -0.212. The van der Waals surface area contributed by atoms with E-state index in [2.05, 4.69) is 30.3 Å². The van der Waals surface area contributed by atoms with Gasteiger partial charge in [-0.05, 0) is 81.1 Å². The van der Waals surface area contributed by atoms with Crippen molar-refractivity contribution in [1.82, 2.24) is 4.90 Å². The van der Waals surface area contributed by atoms with Gasteiger partial charge >= 0.3 is 5.97 Å². The molecule has 4 heteroatoms. The molecular weight excluding hydrogens is 362 g/mol. The van der Waals surface area contributed by atoms with Gasteiger partial charge in [0.1, 0.15) is 0 Å². The molecule has 0 aromatic heterocycles. The van der Waals surface area contributed by atoms with E-state index in [1.54, 1.807) is 0 Å². The lowest BCUT2D eigenvalue weighted by Gasteiger charge is -2.62. The maximum Gasteiger partial charge on any atom is 0.310 e. The van der Waals surface area contributed by atoms with Crippen LogP contribution in [0.4, 0.5) is 0 Å². The van der Waals surface area contributed by atoms with Crippen molar-refractivity contribution in [3.8, 4) is 0 Å². The van der Waals surface area contributed by atoms with E-state index in [0.29, 0.717) is 30.9 Å². The zero-order valence-electron chi connectivity index (χ0n) is 17.6. The predicted molar refractivity (Wildman–Crippen MR) is 111 cm³/mol. The third-order valence-electron chi connectivity index (χ3n) is 8.23. The Morgan fingerprint density at radius 3 is 2.52 bits per heavy atom. The Labute approximate surface area is 174 Å². The van der Waals surface area contributed by atoms with E-state index < -0.39 is 0 Å². The lowest BCUT2D eigenvalue weighted by atomic mass is 9.42. The molecule has 2 unspecified atom stereocenters. The number of rotatable bonds is 4. The van der Waals surface area contributed by atoms with Gasteiger partial charge in [-0.1, -0.05) is 30.3 Å². The van der Waals surface area contributed by atoms with Crippen LogP contribution in [0.5, 0.6) is 0 Å². The van der Waals surface area contributed by atoms with Gasteiger partial charge in [-0.3, -0.25) is 9.59 Å². The standard InChI is InChI=1S/C25H33NO3/c1-2-29-22(27)20-7-6-10-26(16-20)23(28)25-14-18-11-19(15-25)13-24(12-18,17-25)21-8-4-3-5-9-21/h3-5,8-9,18-20H,2,6-7,10-17H2,1H3/t18-,19+,20-,24?,25?/m0/s1. The summed E-state index contributed by atoms with van der Waals surface area (Å²) in [6.07, 6.45) is 8.64. The number of likely N-dealkylation sites (tertiary alicyclic amines) is 1. The van der Waals surface area contributed by atoms with Gasteiger partial charge in [0.15, 0.2) is 0 Å². The first-order valence-electron chi connectivity index (χ1n) is 11.6. The molecule has 4 bridgehead atoms. The Hall–Kier alpha value is -1.84. The van der Waals surface area contributed by atoms with Crippen LogP contribution < -0.4 is 0 Å². The Kier molecular flexibility index (Phi) is 4.71. The highest BCUT2D eigenvalue weighted by atomic mass is 16.5. The molecule has 4 saturated carbocycles. The molecule has 1 heterocycles. The van der Waals surface area contributed by atoms with Crippen molar-refractivity contribution in [1.29, 1.82) is 0 Å². The quantitative estimate of drug-likeness (QED) is 0.713. The number of hydrogen-bond donors (Lipinski definition) is 0. The van der Waals surface area contributed by atoms with Gasteiger partial charge in [0.25, 0.3) is 0 Å². The van der Waals surface area contributed by atoms with Crippen LogP contribution in [-0.4, -0.2) is 36.5 Å². The second-order valence-corrected chi connectivity index (χ2v) is 10.2. The Bertz CT molecular complexity index is 775. The first kappa shape index (κ1) is 19.1. The number of benzene rings is 1. The molecule has 156 valence electrons. The summed E-state index contributed by atoms with van der Waals surface area (Å²) < 4.78 is 5.26. The summed E-state index contributed by atoms with van der Waals surface area (Å²) in [7, 11) is 0. The number of hydrogen-bond acceptors (Lipinski definition) is 3. The molecule has 1 aromatic rings. The average molecular weight is 396 g/mol. The second-order valence-electron chi connectivity index (χ2n) is 10.2. The summed E-state index contributed by atoms with van der Waals surface area (Å²) in [6.45, 7) is 3.61. The fourth-order valence-corrected chi connectivity index (χ4v) is 7.59. The van der Waals surface area contributed by atoms with Crippen LogP contribution in [0, 0.1) is 23.2 Å². The fourth-order valence-electron chi connectivity index (χ4n) is 7.59. The molecule has 6 rings (SSSR count). The Morgan fingerprint density at radius 1 is 1.10 bits per heavy atom. The molecule has 1 aromatic carbocycles. The number of piperidine rings is 1. The molecule has 0 spiro atoms. The summed E-state index contributed by atoms with van der Waals surface area (Å²) in [5.41, 5.74) is 1.41. The van der Waals surface area contributed by atoms with Crippen molar-refractivity contribution < 1.29 is 14.3 Å². The van der Waals surface area contributed by atoms with Gasteiger partial charge in [0.2, 0.25) is 5.91 Å². The minimum absolute atomic E-state index is 0.128. The van der Waals surface area contributed by atoms with Crippen molar-refractivity contribution in [3.63, 3.8) is 0 Å². The number of esters is 1. The molecule has 29 heavy (non-hydrogen) atoms. The molecule has 0 N–H and O–H groups in total. The van der Waals surface area contributed by atoms with Crippen LogP contribution in [0.25, 0.3) is 0 Å². The van der Waals surface area contributed by atoms with Crippen LogP contribution in [0.2, 0.25) is 0 Å². The van der Waals surface area contributed by atoms with E-state index in [-0.39, 0.29) is 22.7 Å². The van der Waals surface area contributed by atoms with Crippen molar-refractivity contribution in [3.05, 3.63) is 35.9 Å². The summed E-state index contributed by atoms with van der Waals surface area (Å²) in [5, 5.41) is 0. The van der Waals surface area contributed by atoms with E-state index in [9.17, 15) is 9.59 Å². The number of nitrogens with zero attached hydrogens (tertiary/aromatic N) is 1. The lowest BCUT2D eigenvalue weighted by molar-refractivity contribution is -0.164. The van der Waals surface area contributed by atoms with Gasteiger partial charge in [0.05, 0.1) is 17.9 Å². The number of carbonyl (C=O) groups excluding carboxylic acids is 2. The van der Waals surface area contributed by atoms with Gasteiger partial charge in [-0.25, -0.2) is 0 Å². The topological polar surface area (TPSA) is 46.6 Å². The second kappa shape index (κ2) is 7.14. The molecule has 1 saturated heterocycles. The summed E-state index contributed by atoms with van der Waals surface area (Å²) in [4.78, 5) is 28.2. The molecule has 5 aliphatic rings. The maximum atomic E-state index is 13.9. The van der Waals surface area contributed by atoms with Crippen LogP contribution in [0.1, 0.15) is 63.9 Å². The molecule has 1 amide bonds. The molecular formula is C25H33NO3. The van der Waals surface area contributed by atoms with Gasteiger partial charge in [0, 0.05) is 13.1 Å². The SMILES string of the molecule is CCOC(=O)[C@H]1CCCN(C(=O)C23C[C@H]4C[C@@H](C2)CC(c2ccccc2)(C4)C3)C1. The molecule has 4 aliphatic carbocycles. The predicted octanol–water partition coefficient (Wildman–Crippen LogP) is 4.33. The number of ether oxygens (including phenoxy) is 1. The van der Waals surface area contributed by atoms with Crippen molar-refractivity contribution in [2.24, 2.45) is 23.2 Å². The van der Waals surface area contributed by atoms with E-state index >= 15 is 0 Å². The van der Waals surface area contributed by atoms with Crippen LogP contribution in [0.15, 0.2) is 30.3 Å². The molecule has 4 nitrogen and oxygen atoms in total. The summed E-state index contributed by atoms with van der Waals surface area (Å²) >= 11 is 0. The van der Waals surface area contributed by atoms with Gasteiger partial charge in [-0.15, -0.1) is 0 Å². The van der Waals surface area contributed by atoms with Crippen LogP contribution >= 0.6 is 0 Å². The maximum absolute atomic E-state index is 13.9. The van der Waals surface area contributed by atoms with Crippen LogP contribution in [-0.2, 0) is 19.7 Å². The largest absolute Gasteiger partial charge is 0.466 e. The minimum Gasteiger partial charge on any atom is -0.466 e. The summed E-state index contributed by atoms with van der Waals surface area (Å²) in [5.74, 6) is 1.40. The Morgan fingerprint density at radius 2 is 1.83 bits per heavy atom. The van der Waals surface area contributed by atoms with E-state index in [1.807, 2.05) is 11.8 Å². The third-order valence-corrected chi connectivity index (χ3v) is 8.23. The summed E-state index contributed by atoms with van der Waals surface area (Å²) in [6, 6.07) is 11.0. The van der Waals surface area contributed by atoms with E-state index in [1.165, 1.54) is 24.8 Å². The fraction of sp³-hybridized carbons (Fsp3) is 0.680. The highest BCUT2D eigenvalue weighted by molar-refractivity contribution is 5.84. The molecule has 5 atom stereocenters. The monoisotopic (exact) mass is 395 g/mol. The highest BCUT2D eigenvalue weighted by Gasteiger charge is 2.61. The normalized spacial score (nSPS) is 38.1. The zero-order valence-corrected chi connectivity index (χ0v) is 17.6. The van der Waals surface area contributed by atoms with Crippen molar-refractivity contribution in [2.45, 2.75) is 63.7 Å². The lowest BCUT2D eigenvalue weighted by Crippen LogP contribution is -2.60. The zero-order chi connectivity index (χ0) is 20.1. The molecule has 0 radical (unpaired) electrons. The molecule has 5 fully saturated rings. The first-order chi connectivity index (χ1) is 14.0. The smallest absolute Gasteiger partial charge is 0.310 e. The molecule has 1 aliphatic heterocycles. The van der Waals surface area contributed by atoms with Crippen molar-refractivity contribution in [2.75, 3.05) is 19.7 Å². The number of carbonyl (C=O) groups is 2. The Balaban J connectivity index is 1.40. The first-order valence-corrected chi connectivity index (χ1v) is 11.6. The van der Waals surface area contributed by atoms with Crippen molar-refractivity contribution >= 4 is 11.9 Å². The number of amides is 1.